The molecule has 1 aliphatic rings. The Morgan fingerprint density at radius 1 is 1.37 bits per heavy atom. The second kappa shape index (κ2) is 6.02. The number of hydrogen-bond acceptors (Lipinski definition) is 4. The van der Waals surface area contributed by atoms with Crippen molar-refractivity contribution in [2.45, 2.75) is 19.1 Å². The summed E-state index contributed by atoms with van der Waals surface area (Å²) >= 11 is 0.961. The smallest absolute Gasteiger partial charge is 0.416 e. The first-order valence-corrected chi connectivity index (χ1v) is 6.77. The quantitative estimate of drug-likeness (QED) is 0.660. The van der Waals surface area contributed by atoms with Gasteiger partial charge in [-0.3, -0.25) is 0 Å². The zero-order valence-corrected chi connectivity index (χ0v) is 10.9. The zero-order valence-electron chi connectivity index (χ0n) is 10.1. The lowest BCUT2D eigenvalue weighted by Crippen LogP contribution is -2.24. The molecule has 0 bridgehead atoms. The molecule has 3 nitrogen and oxygen atoms in total. The number of nitrogens with one attached hydrogen (secondary N) is 1. The van der Waals surface area contributed by atoms with Crippen LogP contribution in [0.1, 0.15) is 16.7 Å². The highest BCUT2D eigenvalue weighted by molar-refractivity contribution is 7.95. The van der Waals surface area contributed by atoms with Crippen LogP contribution < -0.4 is 9.50 Å². The Labute approximate surface area is 113 Å². The largest absolute Gasteiger partial charge is 0.425 e. The fourth-order valence-electron chi connectivity index (χ4n) is 1.96. The van der Waals surface area contributed by atoms with Gasteiger partial charge in [-0.15, -0.1) is 0 Å². The summed E-state index contributed by atoms with van der Waals surface area (Å²) in [5, 5.41) is 11.7. The van der Waals surface area contributed by atoms with E-state index in [0.717, 1.165) is 30.2 Å². The summed E-state index contributed by atoms with van der Waals surface area (Å²) in [6.45, 7) is 1.06. The molecular weight excluding hydrogens is 279 g/mol. The molecule has 0 saturated heterocycles. The minimum absolute atomic E-state index is 0.0760. The Morgan fingerprint density at radius 3 is 2.84 bits per heavy atom. The maximum atomic E-state index is 12.8. The number of halogens is 3. The second-order valence-electron chi connectivity index (χ2n) is 4.17. The maximum absolute atomic E-state index is 12.8. The van der Waals surface area contributed by atoms with Gasteiger partial charge in [-0.25, -0.2) is 0 Å². The summed E-state index contributed by atoms with van der Waals surface area (Å²) in [6, 6.07) is 2.21. The number of fused-ring (bicyclic) bond motifs is 1. The molecular formula is C12H14F3NO2S. The zero-order chi connectivity index (χ0) is 13.9. The third-order valence-electron chi connectivity index (χ3n) is 2.82. The standard InChI is InChI=1S/C12H14F3NO2S/c13-12(14,15)9-5-8-7-16-2-1-10(8)11(6-9)18-19-4-3-17/h5-6,16-17H,1-4,7H2. The van der Waals surface area contributed by atoms with E-state index in [4.69, 9.17) is 9.29 Å². The summed E-state index contributed by atoms with van der Waals surface area (Å²) in [5.41, 5.74) is 0.743. The van der Waals surface area contributed by atoms with Crippen molar-refractivity contribution in [3.63, 3.8) is 0 Å². The number of benzene rings is 1. The lowest BCUT2D eigenvalue weighted by Gasteiger charge is -2.22. The Bertz CT molecular complexity index is 451. The molecule has 1 aromatic rings. The van der Waals surface area contributed by atoms with Crippen LogP contribution in [-0.2, 0) is 19.1 Å². The monoisotopic (exact) mass is 293 g/mol. The van der Waals surface area contributed by atoms with Crippen LogP contribution in [0.25, 0.3) is 0 Å². The van der Waals surface area contributed by atoms with E-state index in [1.165, 1.54) is 6.07 Å². The second-order valence-corrected chi connectivity index (χ2v) is 4.98. The Morgan fingerprint density at radius 2 is 2.16 bits per heavy atom. The van der Waals surface area contributed by atoms with Crippen LogP contribution in [0.2, 0.25) is 0 Å². The van der Waals surface area contributed by atoms with Gasteiger partial charge in [-0.1, -0.05) is 0 Å². The number of hydrogen-bond donors (Lipinski definition) is 2. The highest BCUT2D eigenvalue weighted by Crippen LogP contribution is 2.37. The van der Waals surface area contributed by atoms with Crippen LogP contribution in [-0.4, -0.2) is 24.0 Å². The number of aliphatic hydroxyl groups excluding tert-OH is 1. The first kappa shape index (κ1) is 14.5. The molecule has 0 spiro atoms. The number of rotatable bonds is 4. The third kappa shape index (κ3) is 3.55. The summed E-state index contributed by atoms with van der Waals surface area (Å²) in [5.74, 6) is 0.577. The van der Waals surface area contributed by atoms with E-state index < -0.39 is 11.7 Å². The van der Waals surface area contributed by atoms with E-state index in [1.54, 1.807) is 0 Å². The van der Waals surface area contributed by atoms with Crippen molar-refractivity contribution in [2.75, 3.05) is 18.9 Å². The molecule has 7 heteroatoms. The van der Waals surface area contributed by atoms with Gasteiger partial charge >= 0.3 is 6.18 Å². The van der Waals surface area contributed by atoms with Crippen LogP contribution >= 0.6 is 12.0 Å². The maximum Gasteiger partial charge on any atom is 0.416 e. The average molecular weight is 293 g/mol. The van der Waals surface area contributed by atoms with Crippen molar-refractivity contribution in [3.8, 4) is 5.75 Å². The molecule has 0 saturated carbocycles. The van der Waals surface area contributed by atoms with Crippen LogP contribution in [0.15, 0.2) is 12.1 Å². The molecule has 106 valence electrons. The van der Waals surface area contributed by atoms with E-state index in [1.807, 2.05) is 0 Å². The number of aliphatic hydroxyl groups is 1. The molecule has 0 amide bonds. The molecule has 19 heavy (non-hydrogen) atoms. The number of alkyl halides is 3. The average Bonchev–Trinajstić information content (AvgIpc) is 2.37. The van der Waals surface area contributed by atoms with Gasteiger partial charge in [-0.2, -0.15) is 13.2 Å². The van der Waals surface area contributed by atoms with Crippen molar-refractivity contribution in [1.29, 1.82) is 0 Å². The first-order chi connectivity index (χ1) is 9.02. The topological polar surface area (TPSA) is 41.5 Å². The molecule has 1 heterocycles. The predicted molar refractivity (Wildman–Crippen MR) is 67.0 cm³/mol. The van der Waals surface area contributed by atoms with Gasteiger partial charge in [0.15, 0.2) is 0 Å². The lowest BCUT2D eigenvalue weighted by molar-refractivity contribution is -0.137. The minimum atomic E-state index is -4.38. The minimum Gasteiger partial charge on any atom is -0.425 e. The summed E-state index contributed by atoms with van der Waals surface area (Å²) in [4.78, 5) is 0. The molecule has 2 N–H and O–H groups in total. The van der Waals surface area contributed by atoms with Crippen LogP contribution in [0.3, 0.4) is 0 Å². The van der Waals surface area contributed by atoms with Crippen LogP contribution in [0.5, 0.6) is 5.75 Å². The molecule has 0 atom stereocenters. The molecule has 0 unspecified atom stereocenters. The summed E-state index contributed by atoms with van der Waals surface area (Å²) in [7, 11) is 0. The van der Waals surface area contributed by atoms with E-state index in [0.29, 0.717) is 24.3 Å². The van der Waals surface area contributed by atoms with Gasteiger partial charge in [0, 0.05) is 12.1 Å². The van der Waals surface area contributed by atoms with Crippen molar-refractivity contribution in [1.82, 2.24) is 5.32 Å². The summed E-state index contributed by atoms with van der Waals surface area (Å²) < 4.78 is 43.7. The highest BCUT2D eigenvalue weighted by Gasteiger charge is 2.33. The van der Waals surface area contributed by atoms with Gasteiger partial charge in [0.25, 0.3) is 0 Å². The van der Waals surface area contributed by atoms with Crippen molar-refractivity contribution in [2.24, 2.45) is 0 Å². The van der Waals surface area contributed by atoms with Crippen LogP contribution in [0.4, 0.5) is 13.2 Å². The molecule has 1 aliphatic heterocycles. The molecule has 2 rings (SSSR count). The molecule has 0 aromatic heterocycles. The van der Waals surface area contributed by atoms with E-state index in [9.17, 15) is 13.2 Å². The Balaban J connectivity index is 2.32. The van der Waals surface area contributed by atoms with Crippen molar-refractivity contribution < 1.29 is 22.5 Å². The van der Waals surface area contributed by atoms with E-state index in [2.05, 4.69) is 5.32 Å². The fourth-order valence-corrected chi connectivity index (χ4v) is 2.39. The van der Waals surface area contributed by atoms with Gasteiger partial charge in [0.2, 0.25) is 0 Å². The third-order valence-corrected chi connectivity index (χ3v) is 3.47. The Kier molecular flexibility index (Phi) is 4.59. The van der Waals surface area contributed by atoms with Crippen molar-refractivity contribution in [3.05, 3.63) is 28.8 Å². The van der Waals surface area contributed by atoms with Gasteiger partial charge in [0.1, 0.15) is 5.75 Å². The van der Waals surface area contributed by atoms with Gasteiger partial charge in [-0.05, 0) is 30.7 Å². The van der Waals surface area contributed by atoms with Crippen LogP contribution in [0, 0.1) is 0 Å². The van der Waals surface area contributed by atoms with E-state index in [-0.39, 0.29) is 12.4 Å². The summed E-state index contributed by atoms with van der Waals surface area (Å²) in [6.07, 6.45) is -3.74. The van der Waals surface area contributed by atoms with Crippen molar-refractivity contribution >= 4 is 12.0 Å². The van der Waals surface area contributed by atoms with E-state index >= 15 is 0 Å². The molecule has 0 fully saturated rings. The highest BCUT2D eigenvalue weighted by atomic mass is 32.2. The fraction of sp³-hybridized carbons (Fsp3) is 0.500. The molecule has 0 radical (unpaired) electrons. The normalized spacial score (nSPS) is 15.2. The van der Waals surface area contributed by atoms with Gasteiger partial charge in [0.05, 0.1) is 30.0 Å². The molecule has 0 aliphatic carbocycles. The SMILES string of the molecule is OCCSOc1cc(C(F)(F)F)cc2c1CCNC2. The predicted octanol–water partition coefficient (Wildman–Crippen LogP) is 2.37. The molecule has 1 aromatic carbocycles. The van der Waals surface area contributed by atoms with Gasteiger partial charge < -0.3 is 14.6 Å². The first-order valence-electron chi connectivity index (χ1n) is 5.86. The lowest BCUT2D eigenvalue weighted by atomic mass is 9.97. The Hall–Kier alpha value is -0.920.